The van der Waals surface area contributed by atoms with Gasteiger partial charge in [0.2, 0.25) is 5.95 Å². The number of benzene rings is 1. The molecule has 0 bridgehead atoms. The van der Waals surface area contributed by atoms with E-state index >= 15 is 0 Å². The average molecular weight is 271 g/mol. The lowest BCUT2D eigenvalue weighted by molar-refractivity contribution is 0.00578. The summed E-state index contributed by atoms with van der Waals surface area (Å²) in [6.45, 7) is 8.14. The zero-order valence-electron chi connectivity index (χ0n) is 12.2. The number of aromatic nitrogens is 2. The molecule has 1 saturated heterocycles. The van der Waals surface area contributed by atoms with E-state index in [1.807, 2.05) is 45.9 Å². The number of anilines is 1. The number of nitrogens with zero attached hydrogens (tertiary/aromatic N) is 2. The molecule has 2 N–H and O–H groups in total. The standard InChI is InChI=1S/C14H18BN3O2/c1-13(2)14(3,4)20-15(19-13)10-6-5-7-11-9(10)8-17-12(16)18-11/h5-8H,1-4H3,(H2,16,17,18). The Labute approximate surface area is 118 Å². The lowest BCUT2D eigenvalue weighted by Gasteiger charge is -2.32. The summed E-state index contributed by atoms with van der Waals surface area (Å²) in [4.78, 5) is 8.30. The summed E-state index contributed by atoms with van der Waals surface area (Å²) in [5, 5.41) is 0.903. The maximum absolute atomic E-state index is 6.08. The van der Waals surface area contributed by atoms with Gasteiger partial charge in [0.25, 0.3) is 0 Å². The van der Waals surface area contributed by atoms with E-state index < -0.39 is 7.12 Å². The van der Waals surface area contributed by atoms with Crippen LogP contribution in [0.2, 0.25) is 0 Å². The van der Waals surface area contributed by atoms with Gasteiger partial charge in [-0.15, -0.1) is 0 Å². The average Bonchev–Trinajstić information content (AvgIpc) is 2.57. The monoisotopic (exact) mass is 271 g/mol. The minimum Gasteiger partial charge on any atom is -0.399 e. The van der Waals surface area contributed by atoms with Crippen LogP contribution in [0, 0.1) is 0 Å². The second kappa shape index (κ2) is 4.17. The van der Waals surface area contributed by atoms with Gasteiger partial charge >= 0.3 is 7.12 Å². The predicted molar refractivity (Wildman–Crippen MR) is 79.7 cm³/mol. The molecule has 0 amide bonds. The highest BCUT2D eigenvalue weighted by Crippen LogP contribution is 2.36. The minimum atomic E-state index is -0.420. The second-order valence-corrected chi connectivity index (χ2v) is 6.10. The van der Waals surface area contributed by atoms with Crippen LogP contribution in [-0.4, -0.2) is 28.3 Å². The largest absolute Gasteiger partial charge is 0.495 e. The highest BCUT2D eigenvalue weighted by Gasteiger charge is 2.52. The van der Waals surface area contributed by atoms with Crippen LogP contribution in [0.3, 0.4) is 0 Å². The maximum Gasteiger partial charge on any atom is 0.495 e. The molecule has 5 nitrogen and oxygen atoms in total. The van der Waals surface area contributed by atoms with Gasteiger partial charge in [-0.2, -0.15) is 0 Å². The highest BCUT2D eigenvalue weighted by molar-refractivity contribution is 6.65. The van der Waals surface area contributed by atoms with Crippen molar-refractivity contribution in [3.8, 4) is 0 Å². The summed E-state index contributed by atoms with van der Waals surface area (Å²) < 4.78 is 12.2. The summed E-state index contributed by atoms with van der Waals surface area (Å²) in [5.74, 6) is 0.267. The third-order valence-electron chi connectivity index (χ3n) is 4.18. The molecule has 1 aliphatic heterocycles. The zero-order valence-corrected chi connectivity index (χ0v) is 12.2. The Morgan fingerprint density at radius 1 is 1.10 bits per heavy atom. The van der Waals surface area contributed by atoms with Gasteiger partial charge < -0.3 is 15.0 Å². The molecule has 2 heterocycles. The molecule has 0 aliphatic carbocycles. The first-order chi connectivity index (χ1) is 9.30. The van der Waals surface area contributed by atoms with E-state index in [4.69, 9.17) is 15.0 Å². The molecule has 20 heavy (non-hydrogen) atoms. The summed E-state index contributed by atoms with van der Waals surface area (Å²) in [7, 11) is -0.420. The van der Waals surface area contributed by atoms with E-state index in [1.165, 1.54) is 0 Å². The van der Waals surface area contributed by atoms with Crippen molar-refractivity contribution >= 4 is 29.4 Å². The first-order valence-corrected chi connectivity index (χ1v) is 6.67. The molecule has 0 spiro atoms. The van der Waals surface area contributed by atoms with Gasteiger partial charge in [0.05, 0.1) is 16.7 Å². The Kier molecular flexibility index (Phi) is 2.78. The summed E-state index contributed by atoms with van der Waals surface area (Å²) in [5.41, 5.74) is 6.62. The zero-order chi connectivity index (χ0) is 14.5. The summed E-state index contributed by atoms with van der Waals surface area (Å²) >= 11 is 0. The van der Waals surface area contributed by atoms with E-state index in [0.717, 1.165) is 16.4 Å². The summed E-state index contributed by atoms with van der Waals surface area (Å²) in [6.07, 6.45) is 1.72. The van der Waals surface area contributed by atoms with Crippen molar-refractivity contribution in [1.82, 2.24) is 9.97 Å². The van der Waals surface area contributed by atoms with E-state index in [9.17, 15) is 0 Å². The van der Waals surface area contributed by atoms with Crippen LogP contribution in [0.4, 0.5) is 5.95 Å². The second-order valence-electron chi connectivity index (χ2n) is 6.10. The number of fused-ring (bicyclic) bond motifs is 1. The molecule has 0 radical (unpaired) electrons. The Hall–Kier alpha value is -1.66. The summed E-state index contributed by atoms with van der Waals surface area (Å²) in [6, 6.07) is 5.81. The van der Waals surface area contributed by atoms with E-state index in [-0.39, 0.29) is 17.2 Å². The van der Waals surface area contributed by atoms with Crippen molar-refractivity contribution in [3.05, 3.63) is 24.4 Å². The van der Waals surface area contributed by atoms with Crippen LogP contribution in [0.15, 0.2) is 24.4 Å². The third kappa shape index (κ3) is 1.96. The quantitative estimate of drug-likeness (QED) is 0.796. The van der Waals surface area contributed by atoms with Gasteiger partial charge in [0.1, 0.15) is 0 Å². The lowest BCUT2D eigenvalue weighted by Crippen LogP contribution is -2.41. The van der Waals surface area contributed by atoms with Gasteiger partial charge in [0, 0.05) is 11.6 Å². The minimum absolute atomic E-state index is 0.267. The smallest absolute Gasteiger partial charge is 0.399 e. The molecule has 0 atom stereocenters. The molecule has 1 aromatic carbocycles. The van der Waals surface area contributed by atoms with Crippen LogP contribution in [0.25, 0.3) is 10.9 Å². The lowest BCUT2D eigenvalue weighted by atomic mass is 9.77. The van der Waals surface area contributed by atoms with Gasteiger partial charge in [-0.3, -0.25) is 0 Å². The van der Waals surface area contributed by atoms with Gasteiger partial charge in [-0.05, 0) is 39.2 Å². The number of nitrogen functional groups attached to an aromatic ring is 1. The van der Waals surface area contributed by atoms with Crippen LogP contribution in [0.1, 0.15) is 27.7 Å². The fourth-order valence-corrected chi connectivity index (χ4v) is 2.27. The van der Waals surface area contributed by atoms with Crippen molar-refractivity contribution in [2.45, 2.75) is 38.9 Å². The van der Waals surface area contributed by atoms with Crippen LogP contribution >= 0.6 is 0 Å². The number of nitrogens with two attached hydrogens (primary N) is 1. The first-order valence-electron chi connectivity index (χ1n) is 6.67. The van der Waals surface area contributed by atoms with E-state index in [0.29, 0.717) is 0 Å². The molecule has 0 unspecified atom stereocenters. The van der Waals surface area contributed by atoms with Gasteiger partial charge in [-0.1, -0.05) is 12.1 Å². The normalized spacial score (nSPS) is 20.5. The molecule has 0 saturated carbocycles. The molecule has 3 rings (SSSR count). The van der Waals surface area contributed by atoms with Crippen molar-refractivity contribution in [2.24, 2.45) is 0 Å². The van der Waals surface area contributed by atoms with Crippen LogP contribution in [0.5, 0.6) is 0 Å². The molecule has 1 aliphatic rings. The first kappa shape index (κ1) is 13.3. The molecular weight excluding hydrogens is 253 g/mol. The Morgan fingerprint density at radius 2 is 1.75 bits per heavy atom. The van der Waals surface area contributed by atoms with Gasteiger partial charge in [0.15, 0.2) is 0 Å². The van der Waals surface area contributed by atoms with E-state index in [2.05, 4.69) is 9.97 Å². The Bertz CT molecular complexity index is 657. The molecule has 1 aromatic heterocycles. The molecule has 6 heteroatoms. The number of hydrogen-bond acceptors (Lipinski definition) is 5. The third-order valence-corrected chi connectivity index (χ3v) is 4.18. The fourth-order valence-electron chi connectivity index (χ4n) is 2.27. The Balaban J connectivity index is 2.08. The number of hydrogen-bond donors (Lipinski definition) is 1. The van der Waals surface area contributed by atoms with Crippen LogP contribution < -0.4 is 11.2 Å². The molecule has 1 fully saturated rings. The SMILES string of the molecule is CC1(C)OB(c2cccc3nc(N)ncc23)OC1(C)C. The highest BCUT2D eigenvalue weighted by atomic mass is 16.7. The maximum atomic E-state index is 6.08. The molecule has 104 valence electrons. The van der Waals surface area contributed by atoms with Crippen LogP contribution in [-0.2, 0) is 9.31 Å². The van der Waals surface area contributed by atoms with Crippen molar-refractivity contribution in [1.29, 1.82) is 0 Å². The van der Waals surface area contributed by atoms with Crippen molar-refractivity contribution in [3.63, 3.8) is 0 Å². The van der Waals surface area contributed by atoms with E-state index in [1.54, 1.807) is 6.20 Å². The van der Waals surface area contributed by atoms with Crippen molar-refractivity contribution < 1.29 is 9.31 Å². The predicted octanol–water partition coefficient (Wildman–Crippen LogP) is 1.51. The topological polar surface area (TPSA) is 70.3 Å². The van der Waals surface area contributed by atoms with Crippen molar-refractivity contribution in [2.75, 3.05) is 5.73 Å². The molecule has 2 aromatic rings. The Morgan fingerprint density at radius 3 is 2.40 bits per heavy atom. The fraction of sp³-hybridized carbons (Fsp3) is 0.429. The molecular formula is C14H18BN3O2. The number of rotatable bonds is 1. The van der Waals surface area contributed by atoms with Gasteiger partial charge in [-0.25, -0.2) is 9.97 Å².